The van der Waals surface area contributed by atoms with Crippen LogP contribution in [0, 0.1) is 23.6 Å². The minimum absolute atomic E-state index is 0.0254. The number of anilines is 2. The zero-order valence-corrected chi connectivity index (χ0v) is 27.5. The van der Waals surface area contributed by atoms with Gasteiger partial charge in [-0.2, -0.15) is 0 Å². The van der Waals surface area contributed by atoms with Crippen LogP contribution in [-0.2, 0) is 19.2 Å². The molecule has 49 heavy (non-hydrogen) atoms. The van der Waals surface area contributed by atoms with Gasteiger partial charge in [0.05, 0.1) is 37.4 Å². The quantitative estimate of drug-likeness (QED) is 0.152. The van der Waals surface area contributed by atoms with Gasteiger partial charge in [-0.1, -0.05) is 23.8 Å². The lowest BCUT2D eigenvalue weighted by atomic mass is 9.56. The van der Waals surface area contributed by atoms with E-state index in [0.717, 1.165) is 21.9 Å². The third kappa shape index (κ3) is 4.56. The third-order valence-corrected chi connectivity index (χ3v) is 11.6. The van der Waals surface area contributed by atoms with Crippen molar-refractivity contribution in [1.29, 1.82) is 0 Å². The summed E-state index contributed by atoms with van der Waals surface area (Å²) in [6.45, 7) is 0. The lowest BCUT2D eigenvalue weighted by Gasteiger charge is -2.50. The summed E-state index contributed by atoms with van der Waals surface area (Å²) in [4.78, 5) is 54.6. The lowest BCUT2D eigenvalue weighted by Crippen LogP contribution is -2.60. The van der Waals surface area contributed by atoms with Crippen molar-refractivity contribution in [3.8, 4) is 17.2 Å². The van der Waals surface area contributed by atoms with Gasteiger partial charge in [0.2, 0.25) is 17.6 Å². The van der Waals surface area contributed by atoms with Gasteiger partial charge in [-0.3, -0.25) is 24.1 Å². The van der Waals surface area contributed by atoms with Gasteiger partial charge in [0.15, 0.2) is 21.2 Å². The Labute approximate surface area is 289 Å². The minimum Gasteiger partial charge on any atom is -0.502 e. The van der Waals surface area contributed by atoms with E-state index in [2.05, 4.69) is 0 Å². The number of halogens is 3. The summed E-state index contributed by atoms with van der Waals surface area (Å²) >= 11 is 14.8. The van der Waals surface area contributed by atoms with Gasteiger partial charge in [-0.15, -0.1) is 23.2 Å². The van der Waals surface area contributed by atoms with Gasteiger partial charge in [0, 0.05) is 5.92 Å². The fraction of sp³-hybridized carbons (Fsp3) is 0.294. The SMILES string of the molecule is COc1cc([C@H]2C3=CC[C@@H]4C(=O)N(c5cccc(B(O)O)c5)C(=O)[C@@H]4[C@@H]3C[C@@]3(Cl)C(=O)N(c4ccc(F)cc4)C(=O)[C@@]23Cl)cc(OC)c1O. The number of phenolic OH excluding ortho intramolecular Hbond substituents is 1. The molecule has 15 heteroatoms. The number of alkyl halides is 2. The predicted octanol–water partition coefficient (Wildman–Crippen LogP) is 3.00. The maximum Gasteiger partial charge on any atom is 0.488 e. The van der Waals surface area contributed by atoms with Crippen molar-refractivity contribution < 1.29 is 48.2 Å². The summed E-state index contributed by atoms with van der Waals surface area (Å²) in [6, 6.07) is 13.3. The molecule has 0 unspecified atom stereocenters. The maximum absolute atomic E-state index is 14.6. The molecule has 0 aromatic heterocycles. The summed E-state index contributed by atoms with van der Waals surface area (Å²) in [7, 11) is 0.791. The first-order chi connectivity index (χ1) is 23.3. The Kier molecular flexibility index (Phi) is 7.82. The normalized spacial score (nSPS) is 29.0. The van der Waals surface area contributed by atoms with Gasteiger partial charge in [-0.25, -0.2) is 9.29 Å². The van der Waals surface area contributed by atoms with Crippen LogP contribution in [-0.4, -0.2) is 69.9 Å². The molecule has 3 aromatic rings. The molecule has 2 saturated heterocycles. The number of benzene rings is 3. The van der Waals surface area contributed by atoms with E-state index < -0.39 is 70.0 Å². The molecule has 3 aromatic carbocycles. The van der Waals surface area contributed by atoms with Crippen LogP contribution in [0.25, 0.3) is 0 Å². The second-order valence-corrected chi connectivity index (χ2v) is 13.7. The van der Waals surface area contributed by atoms with Gasteiger partial charge in [0.1, 0.15) is 5.82 Å². The Bertz CT molecular complexity index is 1950. The predicted molar refractivity (Wildman–Crippen MR) is 177 cm³/mol. The number of rotatable bonds is 6. The number of methoxy groups -OCH3 is 2. The number of allylic oxidation sites excluding steroid dienone is 2. The van der Waals surface area contributed by atoms with Crippen molar-refractivity contribution in [2.45, 2.75) is 28.5 Å². The molecule has 0 spiro atoms. The van der Waals surface area contributed by atoms with E-state index in [4.69, 9.17) is 32.7 Å². The van der Waals surface area contributed by atoms with Crippen LogP contribution >= 0.6 is 23.2 Å². The highest BCUT2D eigenvalue weighted by Crippen LogP contribution is 2.66. The largest absolute Gasteiger partial charge is 0.502 e. The fourth-order valence-corrected chi connectivity index (χ4v) is 8.87. The van der Waals surface area contributed by atoms with Gasteiger partial charge in [-0.05, 0) is 78.3 Å². The topological polar surface area (TPSA) is 154 Å². The molecule has 2 aliphatic carbocycles. The first kappa shape index (κ1) is 33.1. The lowest BCUT2D eigenvalue weighted by molar-refractivity contribution is -0.125. The molecule has 0 bridgehead atoms. The van der Waals surface area contributed by atoms with Crippen molar-refractivity contribution in [3.63, 3.8) is 0 Å². The van der Waals surface area contributed by atoms with Gasteiger partial charge in [0.25, 0.3) is 11.8 Å². The minimum atomic E-state index is -2.21. The zero-order chi connectivity index (χ0) is 35.2. The number of hydrogen-bond donors (Lipinski definition) is 3. The van der Waals surface area contributed by atoms with Crippen LogP contribution < -0.4 is 24.7 Å². The molecule has 1 saturated carbocycles. The Hall–Kier alpha value is -4.43. The summed E-state index contributed by atoms with van der Waals surface area (Å²) in [5.41, 5.74) is 0.999. The van der Waals surface area contributed by atoms with Crippen molar-refractivity contribution in [3.05, 3.63) is 83.7 Å². The molecule has 252 valence electrons. The highest BCUT2D eigenvalue weighted by Gasteiger charge is 2.76. The summed E-state index contributed by atoms with van der Waals surface area (Å²) < 4.78 is 24.7. The van der Waals surface area contributed by atoms with Crippen molar-refractivity contribution in [2.24, 2.45) is 17.8 Å². The van der Waals surface area contributed by atoms with E-state index >= 15 is 0 Å². The number of nitrogens with zero attached hydrogens (tertiary/aromatic N) is 2. The molecule has 3 N–H and O–H groups in total. The van der Waals surface area contributed by atoms with E-state index in [1.807, 2.05) is 0 Å². The highest BCUT2D eigenvalue weighted by atomic mass is 35.5. The van der Waals surface area contributed by atoms with E-state index in [-0.39, 0.29) is 52.5 Å². The number of aromatic hydroxyl groups is 1. The molecule has 0 radical (unpaired) electrons. The van der Waals surface area contributed by atoms with Crippen molar-refractivity contribution >= 4 is 70.8 Å². The van der Waals surface area contributed by atoms with E-state index in [1.165, 1.54) is 62.8 Å². The fourth-order valence-electron chi connectivity index (χ4n) is 7.93. The van der Waals surface area contributed by atoms with Crippen LogP contribution in [0.15, 0.2) is 72.3 Å². The first-order valence-corrected chi connectivity index (χ1v) is 16.0. The van der Waals surface area contributed by atoms with Crippen LogP contribution in [0.4, 0.5) is 15.8 Å². The van der Waals surface area contributed by atoms with Crippen LogP contribution in [0.2, 0.25) is 0 Å². The number of imide groups is 2. The first-order valence-electron chi connectivity index (χ1n) is 15.3. The van der Waals surface area contributed by atoms with Crippen molar-refractivity contribution in [1.82, 2.24) is 0 Å². The van der Waals surface area contributed by atoms with Crippen molar-refractivity contribution in [2.75, 3.05) is 24.0 Å². The van der Waals surface area contributed by atoms with Crippen LogP contribution in [0.3, 0.4) is 0 Å². The average molecular weight is 709 g/mol. The number of carbonyl (C=O) groups is 4. The van der Waals surface area contributed by atoms with E-state index in [1.54, 1.807) is 6.08 Å². The number of fused-ring (bicyclic) bond motifs is 4. The summed E-state index contributed by atoms with van der Waals surface area (Å²) in [5, 5.41) is 30.2. The number of carbonyl (C=O) groups excluding carboxylic acids is 4. The molecule has 4 aliphatic rings. The molecule has 2 aliphatic heterocycles. The summed E-state index contributed by atoms with van der Waals surface area (Å²) in [5.74, 6) is -7.84. The van der Waals surface area contributed by atoms with Crippen LogP contribution in [0.1, 0.15) is 24.3 Å². The Morgan fingerprint density at radius 1 is 0.857 bits per heavy atom. The highest BCUT2D eigenvalue weighted by molar-refractivity contribution is 6.59. The standard InChI is InChI=1S/C34H28BCl2FN2O9/c1-48-24-12-16(13-25(49-2)28(24)41)27-21-10-11-22-26(30(43)39(29(22)42)20-5-3-4-17(14-20)35(46)47)23(21)15-33(36)31(44)40(32(45)34(27,33)37)19-8-6-18(38)7-9-19/h3-10,12-14,22-23,26-27,41,46-47H,11,15H2,1-2H3/t22-,23+,26-,27-,33+,34-/m0/s1. The van der Waals surface area contributed by atoms with Gasteiger partial charge >= 0.3 is 7.12 Å². The number of amides is 4. The van der Waals surface area contributed by atoms with E-state index in [9.17, 15) is 38.7 Å². The zero-order valence-electron chi connectivity index (χ0n) is 26.0. The maximum atomic E-state index is 14.6. The van der Waals surface area contributed by atoms with Crippen LogP contribution in [0.5, 0.6) is 17.2 Å². The smallest absolute Gasteiger partial charge is 0.488 e. The number of ether oxygens (including phenoxy) is 2. The molecule has 2 heterocycles. The molecule has 11 nitrogen and oxygen atoms in total. The van der Waals surface area contributed by atoms with E-state index in [0.29, 0.717) is 5.57 Å². The number of phenols is 1. The molecular weight excluding hydrogens is 681 g/mol. The second-order valence-electron chi connectivity index (χ2n) is 12.5. The molecule has 7 rings (SSSR count). The Balaban J connectivity index is 1.41. The molecule has 6 atom stereocenters. The average Bonchev–Trinajstić information content (AvgIpc) is 3.43. The summed E-state index contributed by atoms with van der Waals surface area (Å²) in [6.07, 6.45) is 1.51. The monoisotopic (exact) mass is 708 g/mol. The second kappa shape index (κ2) is 11.6. The molecular formula is C34H28BCl2FN2O9. The molecule has 3 fully saturated rings. The third-order valence-electron chi connectivity index (χ3n) is 10.2. The number of hydrogen-bond acceptors (Lipinski definition) is 9. The Morgan fingerprint density at radius 2 is 1.51 bits per heavy atom. The Morgan fingerprint density at radius 3 is 2.12 bits per heavy atom. The van der Waals surface area contributed by atoms with Gasteiger partial charge < -0.3 is 24.6 Å². The molecule has 4 amide bonds.